The van der Waals surface area contributed by atoms with Crippen molar-refractivity contribution < 1.29 is 34.0 Å². The molecule has 0 aliphatic carbocycles. The van der Waals surface area contributed by atoms with Crippen LogP contribution >= 0.6 is 11.6 Å². The average molecular weight is 971 g/mol. The molecule has 7 amide bonds. The van der Waals surface area contributed by atoms with Gasteiger partial charge in [0.15, 0.2) is 11.6 Å². The highest BCUT2D eigenvalue weighted by atomic mass is 35.5. The van der Waals surface area contributed by atoms with Gasteiger partial charge in [0.1, 0.15) is 0 Å². The first-order valence-electron chi connectivity index (χ1n) is 22.0. The minimum absolute atomic E-state index is 0.0000272. The standard InChI is InChI=1S/C20H17N3O3.C19H20N2O2.C17H15ClN2O2/c24-19(23-26)13-10-14-8-11-16(12-9-14)21-20(25)22-18-7-3-5-15-4-1-2-6-17(15)18;1-13-4-9-18(12-14(13)2)21-19(23)20-17-10-7-16(8-11-17)6-5-15(3)22;1-12(21)2-3-13-4-8-15(9-5-13)19-17(22)20-16-10-6-14(18)7-11-16/h1-13,26H,(H,23,24)(H2,21,22,25);4-12H,1-3H3,(H2,20,21,23);2-11H,1H3,(H2,19,20,22)/b13-10+;6-5+;3-2+. The number of carbonyl (C=O) groups excluding carboxylic acids is 6. The molecule has 8 N–H and O–H groups in total. The third kappa shape index (κ3) is 18.8. The number of rotatable bonds is 12. The Balaban J connectivity index is 0.000000199. The molecule has 0 fully saturated rings. The third-order valence-corrected chi connectivity index (χ3v) is 10.2. The minimum atomic E-state index is -0.610. The molecule has 360 valence electrons. The van der Waals surface area contributed by atoms with Gasteiger partial charge in [-0.05, 0) is 158 Å². The maximum absolute atomic E-state index is 12.2. The Kier molecular flexibility index (Phi) is 20.1. The summed E-state index contributed by atoms with van der Waals surface area (Å²) in [7, 11) is 0. The predicted octanol–water partition coefficient (Wildman–Crippen LogP) is 13.1. The van der Waals surface area contributed by atoms with Gasteiger partial charge in [-0.2, -0.15) is 0 Å². The molecule has 7 aromatic carbocycles. The first-order chi connectivity index (χ1) is 34.1. The summed E-state index contributed by atoms with van der Waals surface area (Å²) in [6.07, 6.45) is 9.22. The molecule has 0 radical (unpaired) electrons. The molecule has 14 nitrogen and oxygen atoms in total. The van der Waals surface area contributed by atoms with E-state index in [2.05, 4.69) is 31.9 Å². The van der Waals surface area contributed by atoms with Crippen LogP contribution in [0.25, 0.3) is 29.0 Å². The van der Waals surface area contributed by atoms with Gasteiger partial charge in [0.2, 0.25) is 0 Å². The van der Waals surface area contributed by atoms with E-state index in [4.69, 9.17) is 16.8 Å². The van der Waals surface area contributed by atoms with Crippen molar-refractivity contribution in [3.8, 4) is 0 Å². The summed E-state index contributed by atoms with van der Waals surface area (Å²) in [4.78, 5) is 68.8. The van der Waals surface area contributed by atoms with Crippen molar-refractivity contribution in [1.29, 1.82) is 0 Å². The van der Waals surface area contributed by atoms with E-state index in [0.29, 0.717) is 27.8 Å². The molecule has 0 saturated heterocycles. The van der Waals surface area contributed by atoms with Crippen LogP contribution in [0.4, 0.5) is 48.5 Å². The minimum Gasteiger partial charge on any atom is -0.308 e. The molecule has 0 unspecified atom stereocenters. The Hall–Kier alpha value is -9.11. The monoisotopic (exact) mass is 969 g/mol. The van der Waals surface area contributed by atoms with Crippen LogP contribution < -0.4 is 37.4 Å². The summed E-state index contributed by atoms with van der Waals surface area (Å²) in [5.74, 6) is -0.619. The average Bonchev–Trinajstić information content (AvgIpc) is 3.35. The van der Waals surface area contributed by atoms with E-state index in [-0.39, 0.29) is 29.7 Å². The molecule has 0 bridgehead atoms. The lowest BCUT2D eigenvalue weighted by Gasteiger charge is -2.10. The smallest absolute Gasteiger partial charge is 0.308 e. The van der Waals surface area contributed by atoms with E-state index >= 15 is 0 Å². The number of nitrogens with one attached hydrogen (secondary N) is 7. The number of benzene rings is 7. The number of allylic oxidation sites excluding steroid dienone is 2. The summed E-state index contributed by atoms with van der Waals surface area (Å²) in [5.41, 5.74) is 10.5. The highest BCUT2D eigenvalue weighted by Gasteiger charge is 2.07. The number of fused-ring (bicyclic) bond motifs is 1. The van der Waals surface area contributed by atoms with Crippen molar-refractivity contribution in [3.05, 3.63) is 209 Å². The van der Waals surface area contributed by atoms with E-state index in [9.17, 15) is 28.8 Å². The predicted molar refractivity (Wildman–Crippen MR) is 287 cm³/mol. The lowest BCUT2D eigenvalue weighted by Crippen LogP contribution is -2.19. The van der Waals surface area contributed by atoms with Crippen molar-refractivity contribution >= 4 is 110 Å². The van der Waals surface area contributed by atoms with Crippen molar-refractivity contribution in [2.24, 2.45) is 0 Å². The number of aryl methyl sites for hydroxylation is 2. The molecular formula is C56H52ClN7O7. The molecule has 0 aliphatic heterocycles. The van der Waals surface area contributed by atoms with E-state index in [1.165, 1.54) is 43.1 Å². The van der Waals surface area contributed by atoms with Crippen LogP contribution in [0.2, 0.25) is 5.02 Å². The fraction of sp³-hybridized carbons (Fsp3) is 0.0714. The van der Waals surface area contributed by atoms with Gasteiger partial charge in [0.25, 0.3) is 5.91 Å². The fourth-order valence-corrected chi connectivity index (χ4v) is 6.35. The van der Waals surface area contributed by atoms with Crippen LogP contribution in [0.5, 0.6) is 0 Å². The quantitative estimate of drug-likeness (QED) is 0.0337. The highest BCUT2D eigenvalue weighted by molar-refractivity contribution is 6.30. The van der Waals surface area contributed by atoms with E-state index in [0.717, 1.165) is 44.4 Å². The lowest BCUT2D eigenvalue weighted by atomic mass is 10.1. The normalized spacial score (nSPS) is 10.6. The van der Waals surface area contributed by atoms with E-state index in [1.54, 1.807) is 91.0 Å². The zero-order chi connectivity index (χ0) is 51.1. The number of hydroxylamine groups is 1. The second-order valence-electron chi connectivity index (χ2n) is 15.6. The Morgan fingerprint density at radius 2 is 0.831 bits per heavy atom. The van der Waals surface area contributed by atoms with Gasteiger partial charge >= 0.3 is 18.1 Å². The molecule has 0 aliphatic rings. The molecule has 0 heterocycles. The number of anilines is 6. The van der Waals surface area contributed by atoms with Crippen molar-refractivity contribution in [2.45, 2.75) is 27.7 Å². The maximum atomic E-state index is 12.2. The number of hydrogen-bond acceptors (Lipinski definition) is 7. The Morgan fingerprint density at radius 1 is 0.437 bits per heavy atom. The van der Waals surface area contributed by atoms with Crippen LogP contribution in [0, 0.1) is 13.8 Å². The molecule has 0 spiro atoms. The molecule has 7 aromatic rings. The number of halogens is 1. The number of carbonyl (C=O) groups is 6. The molecule has 0 saturated carbocycles. The van der Waals surface area contributed by atoms with Crippen LogP contribution in [0.1, 0.15) is 41.7 Å². The second kappa shape index (κ2) is 27.0. The Morgan fingerprint density at radius 3 is 1.28 bits per heavy atom. The number of ketones is 2. The fourth-order valence-electron chi connectivity index (χ4n) is 6.23. The van der Waals surface area contributed by atoms with E-state index in [1.807, 2.05) is 98.8 Å². The van der Waals surface area contributed by atoms with Crippen LogP contribution in [0.3, 0.4) is 0 Å². The topological polar surface area (TPSA) is 207 Å². The van der Waals surface area contributed by atoms with Gasteiger partial charge in [0, 0.05) is 44.9 Å². The highest BCUT2D eigenvalue weighted by Crippen LogP contribution is 2.24. The zero-order valence-electron chi connectivity index (χ0n) is 39.2. The Labute approximate surface area is 416 Å². The maximum Gasteiger partial charge on any atom is 0.323 e. The SMILES string of the molecule is CC(=O)/C=C/c1ccc(NC(=O)Nc2ccc(C)c(C)c2)cc1.CC(=O)/C=C/c1ccc(NC(=O)Nc2ccc(Cl)cc2)cc1.O=C(/C=C/c1ccc(NC(=O)Nc2cccc3ccccc23)cc1)NO. The van der Waals surface area contributed by atoms with Crippen molar-refractivity contribution in [2.75, 3.05) is 31.9 Å². The molecule has 15 heteroatoms. The summed E-state index contributed by atoms with van der Waals surface area (Å²) in [6.45, 7) is 7.03. The summed E-state index contributed by atoms with van der Waals surface area (Å²) in [5, 5.41) is 27.7. The van der Waals surface area contributed by atoms with Gasteiger partial charge in [-0.15, -0.1) is 0 Å². The first kappa shape index (κ1) is 52.9. The molecule has 71 heavy (non-hydrogen) atoms. The van der Waals surface area contributed by atoms with Gasteiger partial charge in [-0.25, -0.2) is 19.9 Å². The van der Waals surface area contributed by atoms with Crippen molar-refractivity contribution in [1.82, 2.24) is 5.48 Å². The van der Waals surface area contributed by atoms with Crippen LogP contribution in [-0.4, -0.2) is 40.8 Å². The molecule has 7 rings (SSSR count). The van der Waals surface area contributed by atoms with Crippen LogP contribution in [0.15, 0.2) is 176 Å². The Bertz CT molecular complexity index is 3060. The van der Waals surface area contributed by atoms with Gasteiger partial charge in [0.05, 0.1) is 5.69 Å². The molecule has 0 aromatic heterocycles. The molecular weight excluding hydrogens is 918 g/mol. The summed E-state index contributed by atoms with van der Waals surface area (Å²) in [6, 6.07) is 46.6. The third-order valence-electron chi connectivity index (χ3n) is 9.97. The zero-order valence-corrected chi connectivity index (χ0v) is 40.0. The number of urea groups is 3. The first-order valence-corrected chi connectivity index (χ1v) is 22.3. The molecule has 0 atom stereocenters. The number of amides is 7. The largest absolute Gasteiger partial charge is 0.323 e. The number of hydrogen-bond donors (Lipinski definition) is 8. The summed E-state index contributed by atoms with van der Waals surface area (Å²) >= 11 is 5.78. The van der Waals surface area contributed by atoms with Gasteiger partial charge in [-0.1, -0.05) is 103 Å². The van der Waals surface area contributed by atoms with Gasteiger partial charge < -0.3 is 31.9 Å². The second-order valence-corrected chi connectivity index (χ2v) is 16.1. The van der Waals surface area contributed by atoms with Crippen LogP contribution in [-0.2, 0) is 14.4 Å². The summed E-state index contributed by atoms with van der Waals surface area (Å²) < 4.78 is 0. The van der Waals surface area contributed by atoms with E-state index < -0.39 is 5.91 Å². The van der Waals surface area contributed by atoms with Gasteiger partial charge in [-0.3, -0.25) is 19.6 Å². The lowest BCUT2D eigenvalue weighted by molar-refractivity contribution is -0.124. The van der Waals surface area contributed by atoms with Crippen molar-refractivity contribution in [3.63, 3.8) is 0 Å².